The fourth-order valence-corrected chi connectivity index (χ4v) is 4.25. The highest BCUT2D eigenvalue weighted by atomic mass is 16.5. The lowest BCUT2D eigenvalue weighted by atomic mass is 10.1. The first-order valence-corrected chi connectivity index (χ1v) is 8.88. The maximum absolute atomic E-state index is 13.0. The van der Waals surface area contributed by atoms with Gasteiger partial charge in [0.05, 0.1) is 18.3 Å². The number of fused-ring (bicyclic) bond motifs is 2. The van der Waals surface area contributed by atoms with E-state index in [1.807, 2.05) is 24.6 Å². The number of nitrogens with zero attached hydrogens (tertiary/aromatic N) is 2. The fraction of sp³-hybridized carbons (Fsp3) is 0.526. The van der Waals surface area contributed by atoms with Crippen LogP contribution in [-0.2, 0) is 11.8 Å². The number of phenols is 1. The number of hydrogen-bond acceptors (Lipinski definition) is 4. The first-order chi connectivity index (χ1) is 11.9. The molecule has 2 aliphatic rings. The standard InChI is InChI=1S/C19H25N3O3/c1-11-8-22-9-13(6-14(22)10-25-11)20-19(24)18-12(2)21(3)17-5-4-15(23)7-16(17)18/h4-5,7,11,13-14,23H,6,8-10H2,1-3H3,(H,20,24)/t11-,13+,14-/m0/s1. The highest BCUT2D eigenvalue weighted by molar-refractivity contribution is 6.08. The van der Waals surface area contributed by atoms with Crippen molar-refractivity contribution in [2.24, 2.45) is 7.05 Å². The highest BCUT2D eigenvalue weighted by Crippen LogP contribution is 2.29. The summed E-state index contributed by atoms with van der Waals surface area (Å²) in [5.74, 6) is 0.115. The van der Waals surface area contributed by atoms with Crippen molar-refractivity contribution in [1.29, 1.82) is 0 Å². The maximum atomic E-state index is 13.0. The average Bonchev–Trinajstić information content (AvgIpc) is 3.05. The Morgan fingerprint density at radius 1 is 1.36 bits per heavy atom. The van der Waals surface area contributed by atoms with Gasteiger partial charge in [0, 0.05) is 48.8 Å². The van der Waals surface area contributed by atoms with Gasteiger partial charge in [-0.1, -0.05) is 0 Å². The van der Waals surface area contributed by atoms with E-state index in [0.29, 0.717) is 11.6 Å². The Bertz CT molecular complexity index is 829. The minimum atomic E-state index is -0.0625. The van der Waals surface area contributed by atoms with Gasteiger partial charge < -0.3 is 19.7 Å². The second kappa shape index (κ2) is 6.04. The molecule has 0 bridgehead atoms. The summed E-state index contributed by atoms with van der Waals surface area (Å²) < 4.78 is 7.73. The predicted octanol–water partition coefficient (Wildman–Crippen LogP) is 1.78. The topological polar surface area (TPSA) is 66.7 Å². The Labute approximate surface area is 147 Å². The Hall–Kier alpha value is -2.05. The molecule has 4 rings (SSSR count). The van der Waals surface area contributed by atoms with Gasteiger partial charge in [-0.3, -0.25) is 9.69 Å². The van der Waals surface area contributed by atoms with Crippen LogP contribution < -0.4 is 5.32 Å². The lowest BCUT2D eigenvalue weighted by molar-refractivity contribution is -0.0390. The molecule has 3 heterocycles. The van der Waals surface area contributed by atoms with E-state index in [9.17, 15) is 9.90 Å². The zero-order chi connectivity index (χ0) is 17.7. The third-order valence-corrected chi connectivity index (χ3v) is 5.63. The number of rotatable bonds is 2. The van der Waals surface area contributed by atoms with E-state index >= 15 is 0 Å². The molecule has 2 aromatic rings. The van der Waals surface area contributed by atoms with E-state index in [2.05, 4.69) is 17.1 Å². The number of hydrogen-bond donors (Lipinski definition) is 2. The van der Waals surface area contributed by atoms with Crippen molar-refractivity contribution in [1.82, 2.24) is 14.8 Å². The zero-order valence-corrected chi connectivity index (χ0v) is 15.0. The molecule has 3 atom stereocenters. The molecule has 2 saturated heterocycles. The number of nitrogens with one attached hydrogen (secondary N) is 1. The first kappa shape index (κ1) is 16.4. The Balaban J connectivity index is 1.57. The smallest absolute Gasteiger partial charge is 0.253 e. The summed E-state index contributed by atoms with van der Waals surface area (Å²) in [5, 5.41) is 13.8. The molecular formula is C19H25N3O3. The van der Waals surface area contributed by atoms with Crippen molar-refractivity contribution in [3.63, 3.8) is 0 Å². The normalized spacial score (nSPS) is 26.8. The Morgan fingerprint density at radius 3 is 2.96 bits per heavy atom. The first-order valence-electron chi connectivity index (χ1n) is 8.88. The SMILES string of the molecule is Cc1c(C(=O)N[C@@H]2C[C@H]3CO[C@@H](C)CN3C2)c2cc(O)ccc2n1C. The molecular weight excluding hydrogens is 318 g/mol. The van der Waals surface area contributed by atoms with Gasteiger partial charge in [0.1, 0.15) is 5.75 Å². The highest BCUT2D eigenvalue weighted by Gasteiger charge is 2.37. The maximum Gasteiger partial charge on any atom is 0.253 e. The van der Waals surface area contributed by atoms with Crippen LogP contribution >= 0.6 is 0 Å². The second-order valence-corrected chi connectivity index (χ2v) is 7.38. The molecule has 1 amide bonds. The minimum absolute atomic E-state index is 0.0625. The van der Waals surface area contributed by atoms with Crippen LogP contribution in [0, 0.1) is 6.92 Å². The van der Waals surface area contributed by atoms with Crippen LogP contribution in [0.3, 0.4) is 0 Å². The van der Waals surface area contributed by atoms with Gasteiger partial charge in [0.2, 0.25) is 0 Å². The molecule has 0 spiro atoms. The lowest BCUT2D eigenvalue weighted by Crippen LogP contribution is -2.45. The summed E-state index contributed by atoms with van der Waals surface area (Å²) in [6.45, 7) is 6.58. The molecule has 2 aliphatic heterocycles. The summed E-state index contributed by atoms with van der Waals surface area (Å²) in [6, 6.07) is 5.71. The van der Waals surface area contributed by atoms with Crippen molar-refractivity contribution in [2.75, 3.05) is 19.7 Å². The molecule has 0 saturated carbocycles. The third kappa shape index (κ3) is 2.79. The molecule has 1 aromatic heterocycles. The van der Waals surface area contributed by atoms with Crippen LogP contribution in [0.15, 0.2) is 18.2 Å². The van der Waals surface area contributed by atoms with Crippen molar-refractivity contribution in [3.8, 4) is 5.75 Å². The molecule has 25 heavy (non-hydrogen) atoms. The zero-order valence-electron chi connectivity index (χ0n) is 15.0. The van der Waals surface area contributed by atoms with Gasteiger partial charge >= 0.3 is 0 Å². The number of carbonyl (C=O) groups excluding carboxylic acids is 1. The monoisotopic (exact) mass is 343 g/mol. The predicted molar refractivity (Wildman–Crippen MR) is 96.0 cm³/mol. The number of carbonyl (C=O) groups is 1. The van der Waals surface area contributed by atoms with Gasteiger partial charge in [0.25, 0.3) is 5.91 Å². The quantitative estimate of drug-likeness (QED) is 0.872. The van der Waals surface area contributed by atoms with Crippen LogP contribution in [0.5, 0.6) is 5.75 Å². The minimum Gasteiger partial charge on any atom is -0.508 e. The second-order valence-electron chi connectivity index (χ2n) is 7.38. The van der Waals surface area contributed by atoms with Gasteiger partial charge in [0.15, 0.2) is 0 Å². The van der Waals surface area contributed by atoms with Gasteiger partial charge in [-0.05, 0) is 38.5 Å². The molecule has 2 fully saturated rings. The number of phenolic OH excluding ortho intramolecular Hbond substituents is 1. The van der Waals surface area contributed by atoms with E-state index in [-0.39, 0.29) is 23.8 Å². The molecule has 6 heteroatoms. The molecule has 1 aromatic carbocycles. The molecule has 6 nitrogen and oxygen atoms in total. The molecule has 0 radical (unpaired) electrons. The van der Waals surface area contributed by atoms with Crippen LogP contribution in [0.4, 0.5) is 0 Å². The van der Waals surface area contributed by atoms with Crippen molar-refractivity contribution < 1.29 is 14.6 Å². The van der Waals surface area contributed by atoms with Crippen molar-refractivity contribution >= 4 is 16.8 Å². The van der Waals surface area contributed by atoms with Gasteiger partial charge in [-0.25, -0.2) is 0 Å². The summed E-state index contributed by atoms with van der Waals surface area (Å²) in [6.07, 6.45) is 1.18. The Kier molecular flexibility index (Phi) is 3.96. The number of aromatic nitrogens is 1. The van der Waals surface area contributed by atoms with Crippen molar-refractivity contribution in [2.45, 2.75) is 38.5 Å². The average molecular weight is 343 g/mol. The fourth-order valence-electron chi connectivity index (χ4n) is 4.25. The number of ether oxygens (including phenoxy) is 1. The number of morpholine rings is 1. The molecule has 0 unspecified atom stereocenters. The molecule has 2 N–H and O–H groups in total. The molecule has 0 aliphatic carbocycles. The largest absolute Gasteiger partial charge is 0.508 e. The van der Waals surface area contributed by atoms with E-state index in [1.165, 1.54) is 0 Å². The molecule has 134 valence electrons. The summed E-state index contributed by atoms with van der Waals surface area (Å²) in [4.78, 5) is 15.4. The number of amides is 1. The summed E-state index contributed by atoms with van der Waals surface area (Å²) in [5.41, 5.74) is 2.51. The van der Waals surface area contributed by atoms with E-state index in [4.69, 9.17) is 4.74 Å². The van der Waals surface area contributed by atoms with Crippen LogP contribution in [-0.4, -0.2) is 58.4 Å². The van der Waals surface area contributed by atoms with Crippen LogP contribution in [0.2, 0.25) is 0 Å². The van der Waals surface area contributed by atoms with Gasteiger partial charge in [-0.15, -0.1) is 0 Å². The number of aryl methyl sites for hydroxylation is 1. The number of benzene rings is 1. The van der Waals surface area contributed by atoms with E-state index in [1.54, 1.807) is 12.1 Å². The summed E-state index contributed by atoms with van der Waals surface area (Å²) >= 11 is 0. The van der Waals surface area contributed by atoms with Crippen LogP contribution in [0.1, 0.15) is 29.4 Å². The van der Waals surface area contributed by atoms with Crippen molar-refractivity contribution in [3.05, 3.63) is 29.5 Å². The summed E-state index contributed by atoms with van der Waals surface area (Å²) in [7, 11) is 1.94. The number of aromatic hydroxyl groups is 1. The van der Waals surface area contributed by atoms with E-state index < -0.39 is 0 Å². The third-order valence-electron chi connectivity index (χ3n) is 5.63. The van der Waals surface area contributed by atoms with Crippen LogP contribution in [0.25, 0.3) is 10.9 Å². The van der Waals surface area contributed by atoms with Gasteiger partial charge in [-0.2, -0.15) is 0 Å². The van der Waals surface area contributed by atoms with E-state index in [0.717, 1.165) is 42.7 Å². The lowest BCUT2D eigenvalue weighted by Gasteiger charge is -2.33. The Morgan fingerprint density at radius 2 is 2.16 bits per heavy atom.